The van der Waals surface area contributed by atoms with Gasteiger partial charge in [-0.15, -0.1) is 0 Å². The minimum Gasteiger partial charge on any atom is -0.495 e. The van der Waals surface area contributed by atoms with Crippen LogP contribution in [0.1, 0.15) is 28.0 Å². The van der Waals surface area contributed by atoms with Gasteiger partial charge in [-0.3, -0.25) is 9.69 Å². The number of methoxy groups -OCH3 is 1. The Hall–Kier alpha value is -2.87. The van der Waals surface area contributed by atoms with Crippen LogP contribution in [-0.4, -0.2) is 57.8 Å². The Morgan fingerprint density at radius 1 is 1.25 bits per heavy atom. The first kappa shape index (κ1) is 22.3. The molecule has 1 aliphatic rings. The van der Waals surface area contributed by atoms with Crippen molar-refractivity contribution < 1.29 is 14.6 Å². The van der Waals surface area contributed by atoms with Gasteiger partial charge in [0.25, 0.3) is 5.91 Å². The summed E-state index contributed by atoms with van der Waals surface area (Å²) in [5, 5.41) is 14.1. The number of aliphatic hydroxyl groups is 1. The molecule has 1 fully saturated rings. The van der Waals surface area contributed by atoms with E-state index in [9.17, 15) is 9.90 Å². The summed E-state index contributed by atoms with van der Waals surface area (Å²) in [6.45, 7) is 3.84. The molecule has 8 heteroatoms. The van der Waals surface area contributed by atoms with Crippen LogP contribution in [0, 0.1) is 6.92 Å². The molecule has 2 heterocycles. The van der Waals surface area contributed by atoms with E-state index in [4.69, 9.17) is 16.3 Å². The molecule has 3 aromatic rings. The normalized spacial score (nSPS) is 19.0. The highest BCUT2D eigenvalue weighted by atomic mass is 35.5. The van der Waals surface area contributed by atoms with E-state index in [1.807, 2.05) is 48.0 Å². The Morgan fingerprint density at radius 2 is 2.03 bits per heavy atom. The van der Waals surface area contributed by atoms with Crippen LogP contribution in [0.3, 0.4) is 0 Å². The fourth-order valence-electron chi connectivity index (χ4n) is 4.10. The van der Waals surface area contributed by atoms with Crippen molar-refractivity contribution in [2.45, 2.75) is 32.0 Å². The van der Waals surface area contributed by atoms with Gasteiger partial charge >= 0.3 is 0 Å². The van der Waals surface area contributed by atoms with Gasteiger partial charge in [0.2, 0.25) is 0 Å². The molecule has 1 amide bonds. The zero-order chi connectivity index (χ0) is 22.7. The molecule has 2 aromatic carbocycles. The minimum absolute atomic E-state index is 0.152. The average molecular weight is 455 g/mol. The summed E-state index contributed by atoms with van der Waals surface area (Å²) < 4.78 is 7.38. The molecule has 4 rings (SSSR count). The van der Waals surface area contributed by atoms with Crippen molar-refractivity contribution >= 4 is 17.5 Å². The number of benzene rings is 2. The molecule has 2 atom stereocenters. The quantitative estimate of drug-likeness (QED) is 0.598. The van der Waals surface area contributed by atoms with Crippen molar-refractivity contribution in [1.82, 2.24) is 19.8 Å². The van der Waals surface area contributed by atoms with Crippen LogP contribution in [0.5, 0.6) is 5.75 Å². The van der Waals surface area contributed by atoms with E-state index >= 15 is 0 Å². The molecule has 0 spiro atoms. The average Bonchev–Trinajstić information content (AvgIpc) is 3.20. The summed E-state index contributed by atoms with van der Waals surface area (Å²) in [4.78, 5) is 19.3. The van der Waals surface area contributed by atoms with E-state index in [0.29, 0.717) is 42.4 Å². The molecule has 1 saturated heterocycles. The molecule has 1 aliphatic heterocycles. The number of nitrogens with one attached hydrogen (secondary N) is 1. The molecule has 2 N–H and O–H groups in total. The summed E-state index contributed by atoms with van der Waals surface area (Å²) >= 11 is 5.97. The maximum atomic E-state index is 12.9. The topological polar surface area (TPSA) is 79.6 Å². The largest absolute Gasteiger partial charge is 0.495 e. The standard InChI is InChI=1S/C24H27ClN4O3/c1-16-11-29(15-26-16)22-8-5-18(9-23(22)32-2)24(31)27-20-10-21(30)14-28(13-20)12-17-3-6-19(25)7-4-17/h3-9,11,15,20-21,30H,10,12-14H2,1-2H3,(H,27,31). The molecular formula is C24H27ClN4O3. The Balaban J connectivity index is 1.43. The lowest BCUT2D eigenvalue weighted by atomic mass is 10.0. The van der Waals surface area contributed by atoms with Gasteiger partial charge in [-0.2, -0.15) is 0 Å². The number of piperidine rings is 1. The third-order valence-corrected chi connectivity index (χ3v) is 5.84. The summed E-state index contributed by atoms with van der Waals surface area (Å²) in [5.74, 6) is 0.394. The highest BCUT2D eigenvalue weighted by Gasteiger charge is 2.27. The van der Waals surface area contributed by atoms with Gasteiger partial charge in [0.15, 0.2) is 0 Å². The molecule has 1 aromatic heterocycles. The van der Waals surface area contributed by atoms with Crippen molar-refractivity contribution in [3.8, 4) is 11.4 Å². The number of hydrogen-bond acceptors (Lipinski definition) is 5. The lowest BCUT2D eigenvalue weighted by Gasteiger charge is -2.36. The molecule has 0 bridgehead atoms. The van der Waals surface area contributed by atoms with E-state index in [0.717, 1.165) is 16.9 Å². The van der Waals surface area contributed by atoms with Gasteiger partial charge in [-0.1, -0.05) is 23.7 Å². The number of ether oxygens (including phenoxy) is 1. The summed E-state index contributed by atoms with van der Waals surface area (Å²) in [6.07, 6.45) is 3.64. The van der Waals surface area contributed by atoms with Crippen LogP contribution in [0.15, 0.2) is 55.0 Å². The number of hydrogen-bond donors (Lipinski definition) is 2. The van der Waals surface area contributed by atoms with E-state index in [1.165, 1.54) is 0 Å². The Labute approximate surface area is 192 Å². The highest BCUT2D eigenvalue weighted by molar-refractivity contribution is 6.30. The minimum atomic E-state index is -0.497. The lowest BCUT2D eigenvalue weighted by molar-refractivity contribution is 0.0459. The Morgan fingerprint density at radius 3 is 2.72 bits per heavy atom. The third kappa shape index (κ3) is 5.30. The van der Waals surface area contributed by atoms with Crippen molar-refractivity contribution in [1.29, 1.82) is 0 Å². The monoisotopic (exact) mass is 454 g/mol. The molecular weight excluding hydrogens is 428 g/mol. The number of β-amino-alcohol motifs (C(OH)–C–C–N with tert-alkyl or cyclic N) is 1. The van der Waals surface area contributed by atoms with E-state index in [1.54, 1.807) is 25.6 Å². The fraction of sp³-hybridized carbons (Fsp3) is 0.333. The summed E-state index contributed by atoms with van der Waals surface area (Å²) in [5.41, 5.74) is 3.33. The zero-order valence-corrected chi connectivity index (χ0v) is 18.9. The zero-order valence-electron chi connectivity index (χ0n) is 18.2. The van der Waals surface area contributed by atoms with Gasteiger partial charge in [-0.25, -0.2) is 4.98 Å². The van der Waals surface area contributed by atoms with Gasteiger partial charge in [0.1, 0.15) is 5.75 Å². The first-order valence-corrected chi connectivity index (χ1v) is 10.9. The highest BCUT2D eigenvalue weighted by Crippen LogP contribution is 2.25. The second-order valence-corrected chi connectivity index (χ2v) is 8.63. The SMILES string of the molecule is COc1cc(C(=O)NC2CC(O)CN(Cc3ccc(Cl)cc3)C2)ccc1-n1cnc(C)c1. The molecule has 7 nitrogen and oxygen atoms in total. The summed E-state index contributed by atoms with van der Waals surface area (Å²) in [6, 6.07) is 12.9. The maximum absolute atomic E-state index is 12.9. The molecule has 2 unspecified atom stereocenters. The van der Waals surface area contributed by atoms with Crippen LogP contribution in [0.25, 0.3) is 5.69 Å². The van der Waals surface area contributed by atoms with Crippen LogP contribution >= 0.6 is 11.6 Å². The van der Waals surface area contributed by atoms with E-state index < -0.39 is 6.10 Å². The Kier molecular flexibility index (Phi) is 6.79. The van der Waals surface area contributed by atoms with Crippen molar-refractivity contribution in [3.63, 3.8) is 0 Å². The number of nitrogens with zero attached hydrogens (tertiary/aromatic N) is 3. The predicted octanol–water partition coefficient (Wildman–Crippen LogP) is 3.21. The van der Waals surface area contributed by atoms with Crippen molar-refractivity contribution in [3.05, 3.63) is 76.8 Å². The number of aromatic nitrogens is 2. The van der Waals surface area contributed by atoms with Crippen molar-refractivity contribution in [2.75, 3.05) is 20.2 Å². The number of carbonyl (C=O) groups is 1. The first-order valence-electron chi connectivity index (χ1n) is 10.6. The maximum Gasteiger partial charge on any atom is 0.251 e. The number of amides is 1. The van der Waals surface area contributed by atoms with E-state index in [-0.39, 0.29) is 11.9 Å². The van der Waals surface area contributed by atoms with Gasteiger partial charge in [0, 0.05) is 42.5 Å². The molecule has 168 valence electrons. The molecule has 32 heavy (non-hydrogen) atoms. The van der Waals surface area contributed by atoms with Gasteiger partial charge in [-0.05, 0) is 49.2 Å². The number of aryl methyl sites for hydroxylation is 1. The molecule has 0 aliphatic carbocycles. The lowest BCUT2D eigenvalue weighted by Crippen LogP contribution is -2.52. The van der Waals surface area contributed by atoms with E-state index in [2.05, 4.69) is 15.2 Å². The first-order chi connectivity index (χ1) is 15.4. The summed E-state index contributed by atoms with van der Waals surface area (Å²) in [7, 11) is 1.58. The Bertz CT molecular complexity index is 1080. The number of likely N-dealkylation sites (tertiary alicyclic amines) is 1. The van der Waals surface area contributed by atoms with Crippen LogP contribution in [-0.2, 0) is 6.54 Å². The number of halogens is 1. The number of rotatable bonds is 6. The van der Waals surface area contributed by atoms with Gasteiger partial charge in [0.05, 0.1) is 30.9 Å². The molecule has 0 saturated carbocycles. The molecule has 0 radical (unpaired) electrons. The number of aliphatic hydroxyl groups excluding tert-OH is 1. The fourth-order valence-corrected chi connectivity index (χ4v) is 4.22. The second-order valence-electron chi connectivity index (χ2n) is 8.19. The number of imidazole rings is 1. The van der Waals surface area contributed by atoms with Crippen molar-refractivity contribution in [2.24, 2.45) is 0 Å². The second kappa shape index (κ2) is 9.73. The van der Waals surface area contributed by atoms with Crippen LogP contribution < -0.4 is 10.1 Å². The number of carbonyl (C=O) groups excluding carboxylic acids is 1. The van der Waals surface area contributed by atoms with Crippen LogP contribution in [0.2, 0.25) is 5.02 Å². The third-order valence-electron chi connectivity index (χ3n) is 5.59. The van der Waals surface area contributed by atoms with Gasteiger partial charge < -0.3 is 19.7 Å². The van der Waals surface area contributed by atoms with Crippen LogP contribution in [0.4, 0.5) is 0 Å². The predicted molar refractivity (Wildman–Crippen MR) is 123 cm³/mol. The smallest absolute Gasteiger partial charge is 0.251 e.